The van der Waals surface area contributed by atoms with Crippen LogP contribution in [0.2, 0.25) is 0 Å². The fourth-order valence-electron chi connectivity index (χ4n) is 1.60. The van der Waals surface area contributed by atoms with Gasteiger partial charge in [0.15, 0.2) is 5.69 Å². The topological polar surface area (TPSA) is 56.3 Å². The van der Waals surface area contributed by atoms with Crippen LogP contribution < -0.4 is 0 Å². The molecule has 0 saturated heterocycles. The first-order chi connectivity index (χ1) is 7.08. The van der Waals surface area contributed by atoms with Crippen LogP contribution in [-0.4, -0.2) is 16.9 Å². The Balaban J connectivity index is 2.38. The first kappa shape index (κ1) is 9.83. The molecule has 1 aliphatic heterocycles. The molecule has 1 aliphatic rings. The van der Waals surface area contributed by atoms with Crippen molar-refractivity contribution in [1.82, 2.24) is 4.98 Å². The van der Waals surface area contributed by atoms with Crippen molar-refractivity contribution >= 4 is 11.9 Å². The van der Waals surface area contributed by atoms with Gasteiger partial charge in [0.25, 0.3) is 0 Å². The molecule has 0 aliphatic carbocycles. The van der Waals surface area contributed by atoms with Crippen LogP contribution in [0.4, 0.5) is 0 Å². The van der Waals surface area contributed by atoms with E-state index in [-0.39, 0.29) is 11.3 Å². The number of hydrogen-bond acceptors (Lipinski definition) is 4. The number of rotatable bonds is 2. The molecule has 0 unspecified atom stereocenters. The lowest BCUT2D eigenvalue weighted by Crippen LogP contribution is -2.00. The van der Waals surface area contributed by atoms with Gasteiger partial charge in [-0.1, -0.05) is 13.8 Å². The Kier molecular flexibility index (Phi) is 2.26. The summed E-state index contributed by atoms with van der Waals surface area (Å²) >= 11 is 0. The van der Waals surface area contributed by atoms with Gasteiger partial charge in [-0.15, -0.1) is 0 Å². The quantitative estimate of drug-likeness (QED) is 0.543. The highest BCUT2D eigenvalue weighted by Crippen LogP contribution is 2.19. The standard InChI is InChI=1S/C11H11NO3/c1-6(2)3-7-4-8-9(12-5-7)11(14)15-10(8)13/h4-6H,3H2,1-2H3. The molecule has 2 rings (SSSR count). The van der Waals surface area contributed by atoms with Crippen molar-refractivity contribution in [3.8, 4) is 0 Å². The lowest BCUT2D eigenvalue weighted by molar-refractivity contribution is 0.0441. The summed E-state index contributed by atoms with van der Waals surface area (Å²) in [6.07, 6.45) is 2.46. The molecule has 0 N–H and O–H groups in total. The number of aromatic nitrogens is 1. The zero-order valence-corrected chi connectivity index (χ0v) is 8.61. The van der Waals surface area contributed by atoms with Gasteiger partial charge in [0.2, 0.25) is 0 Å². The van der Waals surface area contributed by atoms with Crippen molar-refractivity contribution in [2.75, 3.05) is 0 Å². The van der Waals surface area contributed by atoms with E-state index >= 15 is 0 Å². The van der Waals surface area contributed by atoms with Crippen LogP contribution in [0, 0.1) is 5.92 Å². The summed E-state index contributed by atoms with van der Waals surface area (Å²) < 4.78 is 4.45. The van der Waals surface area contributed by atoms with Gasteiger partial charge in [-0.05, 0) is 24.0 Å². The minimum atomic E-state index is -0.647. The van der Waals surface area contributed by atoms with Gasteiger partial charge in [0, 0.05) is 6.20 Å². The van der Waals surface area contributed by atoms with E-state index in [1.54, 1.807) is 12.3 Å². The second-order valence-corrected chi connectivity index (χ2v) is 4.01. The molecular formula is C11H11NO3. The van der Waals surface area contributed by atoms with Crippen molar-refractivity contribution in [2.24, 2.45) is 5.92 Å². The third-order valence-corrected chi connectivity index (χ3v) is 2.19. The molecule has 15 heavy (non-hydrogen) atoms. The van der Waals surface area contributed by atoms with Crippen LogP contribution in [0.25, 0.3) is 0 Å². The van der Waals surface area contributed by atoms with Gasteiger partial charge >= 0.3 is 11.9 Å². The van der Waals surface area contributed by atoms with E-state index in [1.165, 1.54) is 0 Å². The predicted octanol–water partition coefficient (Wildman–Crippen LogP) is 1.59. The molecule has 0 spiro atoms. The van der Waals surface area contributed by atoms with Crippen LogP contribution in [0.5, 0.6) is 0 Å². The Morgan fingerprint density at radius 3 is 2.73 bits per heavy atom. The molecule has 4 heteroatoms. The fraction of sp³-hybridized carbons (Fsp3) is 0.364. The molecule has 0 bridgehead atoms. The lowest BCUT2D eigenvalue weighted by atomic mass is 10.0. The molecule has 0 aromatic carbocycles. The SMILES string of the molecule is CC(C)Cc1cnc2c(c1)C(=O)OC2=O. The van der Waals surface area contributed by atoms with E-state index in [0.29, 0.717) is 5.92 Å². The second-order valence-electron chi connectivity index (χ2n) is 4.01. The summed E-state index contributed by atoms with van der Waals surface area (Å²) in [6, 6.07) is 1.69. The average molecular weight is 205 g/mol. The van der Waals surface area contributed by atoms with Crippen LogP contribution >= 0.6 is 0 Å². The van der Waals surface area contributed by atoms with Crippen molar-refractivity contribution in [3.05, 3.63) is 29.1 Å². The first-order valence-corrected chi connectivity index (χ1v) is 4.83. The summed E-state index contributed by atoms with van der Waals surface area (Å²) in [5, 5.41) is 0. The Morgan fingerprint density at radius 2 is 2.07 bits per heavy atom. The number of nitrogens with zero attached hydrogens (tertiary/aromatic N) is 1. The van der Waals surface area contributed by atoms with Gasteiger partial charge in [-0.3, -0.25) is 0 Å². The van der Waals surface area contributed by atoms with Gasteiger partial charge < -0.3 is 4.74 Å². The molecule has 4 nitrogen and oxygen atoms in total. The van der Waals surface area contributed by atoms with E-state index in [9.17, 15) is 9.59 Å². The van der Waals surface area contributed by atoms with Gasteiger partial charge in [-0.25, -0.2) is 14.6 Å². The largest absolute Gasteiger partial charge is 0.384 e. The van der Waals surface area contributed by atoms with Gasteiger partial charge in [0.05, 0.1) is 5.56 Å². The fourth-order valence-corrected chi connectivity index (χ4v) is 1.60. The third kappa shape index (κ3) is 1.75. The number of cyclic esters (lactones) is 2. The lowest BCUT2D eigenvalue weighted by Gasteiger charge is -2.04. The van der Waals surface area contributed by atoms with Crippen LogP contribution in [-0.2, 0) is 11.2 Å². The number of carbonyl (C=O) groups is 2. The number of fused-ring (bicyclic) bond motifs is 1. The molecular weight excluding hydrogens is 194 g/mol. The molecule has 1 aromatic rings. The number of ether oxygens (including phenoxy) is 1. The van der Waals surface area contributed by atoms with Crippen molar-refractivity contribution in [2.45, 2.75) is 20.3 Å². The van der Waals surface area contributed by atoms with Crippen LogP contribution in [0.15, 0.2) is 12.3 Å². The highest BCUT2D eigenvalue weighted by molar-refractivity contribution is 6.13. The molecule has 1 aromatic heterocycles. The van der Waals surface area contributed by atoms with Crippen molar-refractivity contribution in [1.29, 1.82) is 0 Å². The maximum atomic E-state index is 11.2. The van der Waals surface area contributed by atoms with Crippen LogP contribution in [0.3, 0.4) is 0 Å². The summed E-state index contributed by atoms with van der Waals surface area (Å²) in [6.45, 7) is 4.16. The van der Waals surface area contributed by atoms with E-state index in [1.807, 2.05) is 0 Å². The smallest absolute Gasteiger partial charge is 0.365 e. The molecule has 0 amide bonds. The minimum absolute atomic E-state index is 0.132. The van der Waals surface area contributed by atoms with E-state index < -0.39 is 11.9 Å². The highest BCUT2D eigenvalue weighted by Gasteiger charge is 2.31. The van der Waals surface area contributed by atoms with E-state index in [0.717, 1.165) is 12.0 Å². The number of esters is 2. The Labute approximate surface area is 87.3 Å². The van der Waals surface area contributed by atoms with Crippen molar-refractivity contribution in [3.63, 3.8) is 0 Å². The second kappa shape index (κ2) is 3.46. The molecule has 0 fully saturated rings. The Hall–Kier alpha value is -1.71. The number of carbonyl (C=O) groups excluding carboxylic acids is 2. The third-order valence-electron chi connectivity index (χ3n) is 2.19. The summed E-state index contributed by atoms with van der Waals surface area (Å²) in [5.41, 5.74) is 1.38. The maximum absolute atomic E-state index is 11.2. The van der Waals surface area contributed by atoms with E-state index in [2.05, 4.69) is 23.6 Å². The average Bonchev–Trinajstić information content (AvgIpc) is 2.41. The minimum Gasteiger partial charge on any atom is -0.384 e. The zero-order chi connectivity index (χ0) is 11.0. The number of pyridine rings is 1. The summed E-state index contributed by atoms with van der Waals surface area (Å²) in [4.78, 5) is 26.3. The molecule has 2 heterocycles. The molecule has 0 radical (unpaired) electrons. The normalized spacial score (nSPS) is 14.3. The molecule has 0 atom stereocenters. The molecule has 78 valence electrons. The maximum Gasteiger partial charge on any atom is 0.365 e. The zero-order valence-electron chi connectivity index (χ0n) is 8.61. The van der Waals surface area contributed by atoms with E-state index in [4.69, 9.17) is 0 Å². The Bertz CT molecular complexity index is 437. The number of hydrogen-bond donors (Lipinski definition) is 0. The first-order valence-electron chi connectivity index (χ1n) is 4.83. The summed E-state index contributed by atoms with van der Waals surface area (Å²) in [5.74, 6) is -0.753. The predicted molar refractivity (Wildman–Crippen MR) is 52.5 cm³/mol. The van der Waals surface area contributed by atoms with Crippen LogP contribution in [0.1, 0.15) is 40.3 Å². The Morgan fingerprint density at radius 1 is 1.33 bits per heavy atom. The van der Waals surface area contributed by atoms with Gasteiger partial charge in [-0.2, -0.15) is 0 Å². The highest BCUT2D eigenvalue weighted by atomic mass is 16.6. The summed E-state index contributed by atoms with van der Waals surface area (Å²) in [7, 11) is 0. The van der Waals surface area contributed by atoms with Crippen molar-refractivity contribution < 1.29 is 14.3 Å². The molecule has 0 saturated carbocycles. The van der Waals surface area contributed by atoms with Gasteiger partial charge in [0.1, 0.15) is 0 Å². The monoisotopic (exact) mass is 205 g/mol.